The summed E-state index contributed by atoms with van der Waals surface area (Å²) in [6.07, 6.45) is 1.36. The van der Waals surface area contributed by atoms with Crippen molar-refractivity contribution >= 4 is 17.0 Å². The predicted octanol–water partition coefficient (Wildman–Crippen LogP) is 1.77. The Hall–Kier alpha value is -2.63. The molecule has 0 atom stereocenters. The molecule has 18 heavy (non-hydrogen) atoms. The molecule has 0 aliphatic carbocycles. The van der Waals surface area contributed by atoms with Crippen LogP contribution < -0.4 is 0 Å². The quantitative estimate of drug-likeness (QED) is 0.758. The van der Waals surface area contributed by atoms with E-state index in [1.807, 2.05) is 24.3 Å². The fourth-order valence-electron chi connectivity index (χ4n) is 1.84. The van der Waals surface area contributed by atoms with Gasteiger partial charge < -0.3 is 9.52 Å². The highest BCUT2D eigenvalue weighted by Gasteiger charge is 2.15. The van der Waals surface area contributed by atoms with Crippen LogP contribution in [0.5, 0.6) is 0 Å². The van der Waals surface area contributed by atoms with Crippen LogP contribution in [0.4, 0.5) is 0 Å². The molecule has 6 nitrogen and oxygen atoms in total. The Balaban J connectivity index is 2.02. The molecule has 0 unspecified atom stereocenters. The third kappa shape index (κ3) is 1.64. The van der Waals surface area contributed by atoms with Crippen LogP contribution in [-0.4, -0.2) is 26.1 Å². The molecule has 2 heterocycles. The van der Waals surface area contributed by atoms with Crippen LogP contribution >= 0.6 is 0 Å². The first-order chi connectivity index (χ1) is 8.75. The zero-order valence-electron chi connectivity index (χ0n) is 9.28. The Bertz CT molecular complexity index is 714. The average molecular weight is 243 g/mol. The maximum Gasteiger partial charge on any atom is 0.372 e. The van der Waals surface area contributed by atoms with Crippen LogP contribution in [0, 0.1) is 0 Å². The van der Waals surface area contributed by atoms with Crippen molar-refractivity contribution in [2.45, 2.75) is 6.54 Å². The topological polar surface area (TPSA) is 81.1 Å². The molecule has 2 aromatic heterocycles. The summed E-state index contributed by atoms with van der Waals surface area (Å²) in [7, 11) is 0. The lowest BCUT2D eigenvalue weighted by atomic mass is 10.2. The first-order valence-corrected chi connectivity index (χ1v) is 5.33. The Kier molecular flexibility index (Phi) is 2.33. The second kappa shape index (κ2) is 3.99. The molecule has 0 saturated carbocycles. The monoisotopic (exact) mass is 243 g/mol. The normalized spacial score (nSPS) is 10.9. The fourth-order valence-corrected chi connectivity index (χ4v) is 1.84. The Labute approximate surface area is 101 Å². The zero-order valence-corrected chi connectivity index (χ0v) is 9.28. The molecule has 0 amide bonds. The van der Waals surface area contributed by atoms with Crippen molar-refractivity contribution in [2.24, 2.45) is 0 Å². The Morgan fingerprint density at radius 3 is 3.00 bits per heavy atom. The van der Waals surface area contributed by atoms with Crippen LogP contribution in [0.3, 0.4) is 0 Å². The van der Waals surface area contributed by atoms with Crippen molar-refractivity contribution in [2.75, 3.05) is 0 Å². The summed E-state index contributed by atoms with van der Waals surface area (Å²) >= 11 is 0. The number of furan rings is 1. The lowest BCUT2D eigenvalue weighted by Gasteiger charge is -2.00. The molecule has 6 heteroatoms. The van der Waals surface area contributed by atoms with E-state index in [0.29, 0.717) is 12.1 Å². The van der Waals surface area contributed by atoms with Gasteiger partial charge in [0, 0.05) is 5.56 Å². The summed E-state index contributed by atoms with van der Waals surface area (Å²) < 4.78 is 6.57. The number of benzene rings is 1. The van der Waals surface area contributed by atoms with Crippen molar-refractivity contribution in [3.8, 4) is 0 Å². The van der Waals surface area contributed by atoms with Crippen LogP contribution in [0.15, 0.2) is 41.0 Å². The molecule has 0 saturated heterocycles. The number of hydrogen-bond donors (Lipinski definition) is 1. The lowest BCUT2D eigenvalue weighted by molar-refractivity contribution is 0.0660. The predicted molar refractivity (Wildman–Crippen MR) is 62.3 cm³/mol. The number of carboxylic acids is 1. The molecular weight excluding hydrogens is 234 g/mol. The average Bonchev–Trinajstić information content (AvgIpc) is 2.97. The second-order valence-electron chi connectivity index (χ2n) is 3.82. The van der Waals surface area contributed by atoms with Crippen molar-refractivity contribution in [3.05, 3.63) is 47.9 Å². The van der Waals surface area contributed by atoms with Gasteiger partial charge in [0.2, 0.25) is 5.76 Å². The molecule has 0 radical (unpaired) electrons. The third-order valence-corrected chi connectivity index (χ3v) is 2.68. The number of rotatable bonds is 3. The molecule has 0 bridgehead atoms. The summed E-state index contributed by atoms with van der Waals surface area (Å²) in [5.41, 5.74) is 2.20. The minimum Gasteiger partial charge on any atom is -0.475 e. The van der Waals surface area contributed by atoms with Crippen molar-refractivity contribution in [1.82, 2.24) is 15.0 Å². The minimum absolute atomic E-state index is 0.0606. The molecule has 90 valence electrons. The molecule has 3 aromatic rings. The third-order valence-electron chi connectivity index (χ3n) is 2.68. The second-order valence-corrected chi connectivity index (χ2v) is 3.82. The fraction of sp³-hybridized carbons (Fsp3) is 0.0833. The Morgan fingerprint density at radius 1 is 1.33 bits per heavy atom. The Morgan fingerprint density at radius 2 is 2.17 bits per heavy atom. The van der Waals surface area contributed by atoms with Gasteiger partial charge in [-0.25, -0.2) is 9.48 Å². The number of aromatic carboxylic acids is 1. The largest absolute Gasteiger partial charge is 0.475 e. The van der Waals surface area contributed by atoms with Gasteiger partial charge in [-0.3, -0.25) is 0 Å². The van der Waals surface area contributed by atoms with E-state index < -0.39 is 5.97 Å². The van der Waals surface area contributed by atoms with Gasteiger partial charge in [-0.15, -0.1) is 5.10 Å². The van der Waals surface area contributed by atoms with E-state index in [0.717, 1.165) is 11.0 Å². The van der Waals surface area contributed by atoms with E-state index in [1.54, 1.807) is 10.7 Å². The highest BCUT2D eigenvalue weighted by atomic mass is 16.4. The molecule has 1 aromatic carbocycles. The maximum atomic E-state index is 10.9. The standard InChI is InChI=1S/C12H9N3O3/c16-12(17)11-8(5-6-18-11)7-15-10-4-2-1-3-9(10)13-14-15/h1-6H,7H2,(H,16,17). The SMILES string of the molecule is O=C(O)c1occc1Cn1nnc2ccccc21. The molecule has 0 fully saturated rings. The van der Waals surface area contributed by atoms with Crippen LogP contribution in [0.25, 0.3) is 11.0 Å². The highest BCUT2D eigenvalue weighted by Crippen LogP contribution is 2.15. The van der Waals surface area contributed by atoms with Gasteiger partial charge in [0.1, 0.15) is 5.52 Å². The van der Waals surface area contributed by atoms with E-state index in [2.05, 4.69) is 10.3 Å². The van der Waals surface area contributed by atoms with Crippen LogP contribution in [-0.2, 0) is 6.54 Å². The molecule has 0 spiro atoms. The number of hydrogen-bond acceptors (Lipinski definition) is 4. The smallest absolute Gasteiger partial charge is 0.372 e. The number of aromatic nitrogens is 3. The summed E-state index contributed by atoms with van der Waals surface area (Å²) in [5, 5.41) is 17.0. The van der Waals surface area contributed by atoms with E-state index in [4.69, 9.17) is 9.52 Å². The molecule has 3 rings (SSSR count). The van der Waals surface area contributed by atoms with Crippen molar-refractivity contribution in [1.29, 1.82) is 0 Å². The maximum absolute atomic E-state index is 10.9. The molecular formula is C12H9N3O3. The molecule has 1 N–H and O–H groups in total. The highest BCUT2D eigenvalue weighted by molar-refractivity contribution is 5.86. The van der Waals surface area contributed by atoms with Gasteiger partial charge in [-0.1, -0.05) is 17.3 Å². The zero-order chi connectivity index (χ0) is 12.5. The number of para-hydroxylation sites is 1. The van der Waals surface area contributed by atoms with Crippen LogP contribution in [0.1, 0.15) is 16.1 Å². The first kappa shape index (κ1) is 10.5. The van der Waals surface area contributed by atoms with E-state index in [-0.39, 0.29) is 5.76 Å². The minimum atomic E-state index is -1.08. The van der Waals surface area contributed by atoms with Crippen molar-refractivity contribution in [3.63, 3.8) is 0 Å². The summed E-state index contributed by atoms with van der Waals surface area (Å²) in [6, 6.07) is 9.12. The van der Waals surface area contributed by atoms with Gasteiger partial charge in [-0.2, -0.15) is 0 Å². The van der Waals surface area contributed by atoms with Gasteiger partial charge in [0.05, 0.1) is 18.3 Å². The summed E-state index contributed by atoms with van der Waals surface area (Å²) in [5.74, 6) is -1.14. The first-order valence-electron chi connectivity index (χ1n) is 5.33. The van der Waals surface area contributed by atoms with Crippen LogP contribution in [0.2, 0.25) is 0 Å². The summed E-state index contributed by atoms with van der Waals surface area (Å²) in [4.78, 5) is 10.9. The van der Waals surface area contributed by atoms with E-state index in [9.17, 15) is 4.79 Å². The van der Waals surface area contributed by atoms with Crippen molar-refractivity contribution < 1.29 is 14.3 Å². The lowest BCUT2D eigenvalue weighted by Crippen LogP contribution is -2.06. The number of carboxylic acid groups (broad SMARTS) is 1. The molecule has 0 aliphatic rings. The number of fused-ring (bicyclic) bond motifs is 1. The van der Waals surface area contributed by atoms with Gasteiger partial charge in [0.15, 0.2) is 0 Å². The van der Waals surface area contributed by atoms with Gasteiger partial charge >= 0.3 is 5.97 Å². The molecule has 0 aliphatic heterocycles. The van der Waals surface area contributed by atoms with E-state index >= 15 is 0 Å². The van der Waals surface area contributed by atoms with E-state index in [1.165, 1.54) is 6.26 Å². The van der Waals surface area contributed by atoms with Gasteiger partial charge in [0.25, 0.3) is 0 Å². The number of nitrogens with zero attached hydrogens (tertiary/aromatic N) is 3. The summed E-state index contributed by atoms with van der Waals surface area (Å²) in [6.45, 7) is 0.318. The van der Waals surface area contributed by atoms with Gasteiger partial charge in [-0.05, 0) is 18.2 Å². The number of carbonyl (C=O) groups is 1.